The third-order valence-electron chi connectivity index (χ3n) is 6.16. The summed E-state index contributed by atoms with van der Waals surface area (Å²) in [6, 6.07) is 3.42. The van der Waals surface area contributed by atoms with Gasteiger partial charge in [0.1, 0.15) is 5.52 Å². The number of rotatable bonds is 2. The van der Waals surface area contributed by atoms with Crippen molar-refractivity contribution in [2.45, 2.75) is 70.8 Å². The smallest absolute Gasteiger partial charge is 0.296 e. The number of nitrogens with zero attached hydrogens (tertiary/aromatic N) is 2. The van der Waals surface area contributed by atoms with Gasteiger partial charge in [-0.1, -0.05) is 26.8 Å². The topological polar surface area (TPSA) is 75.4 Å². The summed E-state index contributed by atoms with van der Waals surface area (Å²) < 4.78 is 33.2. The largest absolute Gasteiger partial charge is 0.449 e. The van der Waals surface area contributed by atoms with Gasteiger partial charge in [0.05, 0.1) is 11.2 Å². The Morgan fingerprint density at radius 3 is 2.59 bits per heavy atom. The number of halogens is 2. The van der Waals surface area contributed by atoms with Crippen LogP contribution in [0.15, 0.2) is 22.6 Å². The van der Waals surface area contributed by atoms with E-state index < -0.39 is 17.4 Å². The van der Waals surface area contributed by atoms with E-state index in [-0.39, 0.29) is 42.9 Å². The zero-order valence-corrected chi connectivity index (χ0v) is 19.1. The number of aromatic nitrogens is 1. The van der Waals surface area contributed by atoms with Crippen molar-refractivity contribution in [2.24, 2.45) is 0 Å². The Balaban J connectivity index is 1.77. The first kappa shape index (κ1) is 22.6. The molecule has 0 atom stereocenters. The Kier molecular flexibility index (Phi) is 5.27. The zero-order valence-electron chi connectivity index (χ0n) is 19.1. The molecule has 2 aromatic rings. The quantitative estimate of drug-likeness (QED) is 0.680. The highest BCUT2D eigenvalue weighted by Gasteiger charge is 2.40. The van der Waals surface area contributed by atoms with Gasteiger partial charge in [-0.25, -0.2) is 13.8 Å². The van der Waals surface area contributed by atoms with E-state index in [0.29, 0.717) is 23.3 Å². The molecule has 1 aliphatic heterocycles. The lowest BCUT2D eigenvalue weighted by atomic mass is 9.85. The van der Waals surface area contributed by atoms with Gasteiger partial charge in [0.15, 0.2) is 11.3 Å². The molecule has 32 heavy (non-hydrogen) atoms. The summed E-state index contributed by atoms with van der Waals surface area (Å²) in [7, 11) is 0. The van der Waals surface area contributed by atoms with Crippen LogP contribution in [-0.2, 0) is 10.2 Å². The minimum Gasteiger partial charge on any atom is -0.449 e. The van der Waals surface area contributed by atoms with Crippen LogP contribution in [0.25, 0.3) is 16.7 Å². The van der Waals surface area contributed by atoms with E-state index >= 15 is 0 Å². The van der Waals surface area contributed by atoms with Crippen LogP contribution in [0.2, 0.25) is 0 Å². The zero-order chi connectivity index (χ0) is 23.5. The minimum absolute atomic E-state index is 0.0466. The van der Waals surface area contributed by atoms with Crippen molar-refractivity contribution in [3.8, 4) is 0 Å². The van der Waals surface area contributed by atoms with E-state index in [0.717, 1.165) is 11.1 Å². The van der Waals surface area contributed by atoms with Crippen LogP contribution in [-0.4, -0.2) is 46.2 Å². The number of fused-ring (bicyclic) bond motifs is 1. The highest BCUT2D eigenvalue weighted by Crippen LogP contribution is 2.39. The lowest BCUT2D eigenvalue weighted by Gasteiger charge is -2.36. The molecule has 1 N–H and O–H groups in total. The first-order valence-electron chi connectivity index (χ1n) is 10.9. The average molecular weight is 446 g/mol. The Labute approximate surface area is 186 Å². The third kappa shape index (κ3) is 4.08. The van der Waals surface area contributed by atoms with Crippen LogP contribution in [0.1, 0.15) is 75.7 Å². The molecule has 2 amide bonds. The molecule has 8 heteroatoms. The number of hydrogen-bond donors (Lipinski definition) is 1. The SMILES string of the molecule is CC1(C)NCCN(C(=O)c2cc3nc(C4=CCC(F)(F)CC4)cc(C(C)(C)C)c3o2)C1=O. The van der Waals surface area contributed by atoms with E-state index in [9.17, 15) is 18.4 Å². The summed E-state index contributed by atoms with van der Waals surface area (Å²) in [6.45, 7) is 10.3. The molecule has 0 unspecified atom stereocenters. The lowest BCUT2D eigenvalue weighted by molar-refractivity contribution is -0.136. The second-order valence-electron chi connectivity index (χ2n) is 10.2. The first-order chi connectivity index (χ1) is 14.8. The van der Waals surface area contributed by atoms with Crippen LogP contribution in [0.3, 0.4) is 0 Å². The number of alkyl halides is 2. The summed E-state index contributed by atoms with van der Waals surface area (Å²) >= 11 is 0. The summed E-state index contributed by atoms with van der Waals surface area (Å²) in [5.41, 5.74) is 2.02. The summed E-state index contributed by atoms with van der Waals surface area (Å²) in [4.78, 5) is 31.7. The van der Waals surface area contributed by atoms with Gasteiger partial charge in [0.2, 0.25) is 5.91 Å². The second-order valence-corrected chi connectivity index (χ2v) is 10.2. The summed E-state index contributed by atoms with van der Waals surface area (Å²) in [6.07, 6.45) is 1.28. The molecule has 1 aliphatic carbocycles. The molecule has 172 valence electrons. The number of allylic oxidation sites excluding steroid dienone is 2. The maximum Gasteiger partial charge on any atom is 0.296 e. The van der Waals surface area contributed by atoms with Crippen LogP contribution >= 0.6 is 0 Å². The number of carbonyl (C=O) groups excluding carboxylic acids is 2. The molecule has 1 fully saturated rings. The number of piperazine rings is 1. The summed E-state index contributed by atoms with van der Waals surface area (Å²) in [5, 5.41) is 3.10. The van der Waals surface area contributed by atoms with Gasteiger partial charge in [-0.15, -0.1) is 0 Å². The molecule has 1 saturated heterocycles. The van der Waals surface area contributed by atoms with Crippen molar-refractivity contribution in [3.05, 3.63) is 35.2 Å². The Hall–Kier alpha value is -2.61. The van der Waals surface area contributed by atoms with Crippen molar-refractivity contribution in [2.75, 3.05) is 13.1 Å². The number of amides is 2. The fourth-order valence-corrected chi connectivity index (χ4v) is 4.20. The molecule has 2 aliphatic rings. The normalized spacial score (nSPS) is 21.0. The van der Waals surface area contributed by atoms with Gasteiger partial charge in [0.25, 0.3) is 11.8 Å². The van der Waals surface area contributed by atoms with Gasteiger partial charge < -0.3 is 9.73 Å². The van der Waals surface area contributed by atoms with Crippen LogP contribution < -0.4 is 5.32 Å². The molecule has 2 aromatic heterocycles. The number of hydrogen-bond acceptors (Lipinski definition) is 5. The maximum atomic E-state index is 13.6. The van der Waals surface area contributed by atoms with Crippen LogP contribution in [0, 0.1) is 0 Å². The highest BCUT2D eigenvalue weighted by molar-refractivity contribution is 6.07. The number of nitrogens with one attached hydrogen (secondary N) is 1. The Morgan fingerprint density at radius 2 is 1.97 bits per heavy atom. The van der Waals surface area contributed by atoms with Crippen molar-refractivity contribution in [1.29, 1.82) is 0 Å². The molecule has 6 nitrogen and oxygen atoms in total. The molecule has 4 rings (SSSR count). The highest BCUT2D eigenvalue weighted by atomic mass is 19.3. The predicted octanol–water partition coefficient (Wildman–Crippen LogP) is 4.68. The fourth-order valence-electron chi connectivity index (χ4n) is 4.20. The minimum atomic E-state index is -2.68. The monoisotopic (exact) mass is 445 g/mol. The third-order valence-corrected chi connectivity index (χ3v) is 6.16. The molecule has 0 radical (unpaired) electrons. The van der Waals surface area contributed by atoms with Crippen molar-refractivity contribution < 1.29 is 22.8 Å². The van der Waals surface area contributed by atoms with Gasteiger partial charge in [-0.05, 0) is 37.3 Å². The molecular formula is C24H29F2N3O3. The maximum absolute atomic E-state index is 13.6. The van der Waals surface area contributed by atoms with Crippen LogP contribution in [0.4, 0.5) is 8.78 Å². The van der Waals surface area contributed by atoms with Crippen molar-refractivity contribution >= 4 is 28.5 Å². The Morgan fingerprint density at radius 1 is 1.25 bits per heavy atom. The van der Waals surface area contributed by atoms with E-state index in [1.807, 2.05) is 26.8 Å². The van der Waals surface area contributed by atoms with Gasteiger partial charge in [-0.3, -0.25) is 14.5 Å². The van der Waals surface area contributed by atoms with Gasteiger partial charge in [0, 0.05) is 37.6 Å². The summed E-state index contributed by atoms with van der Waals surface area (Å²) in [5.74, 6) is -3.45. The second kappa shape index (κ2) is 7.47. The first-order valence-corrected chi connectivity index (χ1v) is 10.9. The van der Waals surface area contributed by atoms with E-state index in [1.165, 1.54) is 4.90 Å². The van der Waals surface area contributed by atoms with Crippen molar-refractivity contribution in [3.63, 3.8) is 0 Å². The van der Waals surface area contributed by atoms with E-state index in [4.69, 9.17) is 4.42 Å². The van der Waals surface area contributed by atoms with Crippen molar-refractivity contribution in [1.82, 2.24) is 15.2 Å². The molecule has 0 saturated carbocycles. The number of carbonyl (C=O) groups is 2. The number of furan rings is 1. The molecule has 0 spiro atoms. The number of imide groups is 1. The molecular weight excluding hydrogens is 416 g/mol. The lowest BCUT2D eigenvalue weighted by Crippen LogP contribution is -2.62. The predicted molar refractivity (Wildman–Crippen MR) is 118 cm³/mol. The van der Waals surface area contributed by atoms with Gasteiger partial charge in [-0.2, -0.15) is 0 Å². The van der Waals surface area contributed by atoms with E-state index in [2.05, 4.69) is 10.3 Å². The Bertz CT molecular complexity index is 1130. The van der Waals surface area contributed by atoms with Gasteiger partial charge >= 0.3 is 0 Å². The average Bonchev–Trinajstić information content (AvgIpc) is 3.12. The fraction of sp³-hybridized carbons (Fsp3) is 0.542. The number of pyridine rings is 1. The molecule has 0 bridgehead atoms. The van der Waals surface area contributed by atoms with Crippen LogP contribution in [0.5, 0.6) is 0 Å². The molecule has 3 heterocycles. The van der Waals surface area contributed by atoms with E-state index in [1.54, 1.807) is 26.0 Å². The standard InChI is InChI=1S/C24H29F2N3O3/c1-22(2,3)15-12-16(14-6-8-24(25,26)9-7-14)28-17-13-18(32-19(15)17)20(30)29-11-10-27-23(4,5)21(29)31/h6,12-13,27H,7-11H2,1-5H3. The molecule has 0 aromatic carbocycles.